The average molecular weight is 327 g/mol. The van der Waals surface area contributed by atoms with E-state index in [2.05, 4.69) is 4.98 Å². The van der Waals surface area contributed by atoms with Crippen LogP contribution in [0.2, 0.25) is 0 Å². The monoisotopic (exact) mass is 327 g/mol. The number of hydrogen-bond donors (Lipinski definition) is 2. The van der Waals surface area contributed by atoms with Crippen molar-refractivity contribution in [1.29, 1.82) is 0 Å². The number of nitrogens with two attached hydrogens (primary N) is 1. The molecule has 3 rings (SSSR count). The Morgan fingerprint density at radius 3 is 2.79 bits per heavy atom. The van der Waals surface area contributed by atoms with Crippen molar-refractivity contribution in [2.75, 3.05) is 13.1 Å². The maximum Gasteiger partial charge on any atom is 0.272 e. The first-order valence-electron chi connectivity index (χ1n) is 8.05. The third-order valence-electron chi connectivity index (χ3n) is 4.13. The summed E-state index contributed by atoms with van der Waals surface area (Å²) in [5, 5.41) is 9.48. The Hall–Kier alpha value is -2.60. The van der Waals surface area contributed by atoms with Gasteiger partial charge in [0.2, 0.25) is 0 Å². The molecule has 1 saturated heterocycles. The normalized spacial score (nSPS) is 15.3. The van der Waals surface area contributed by atoms with Gasteiger partial charge in [-0.25, -0.2) is 0 Å². The lowest BCUT2D eigenvalue weighted by Gasteiger charge is -2.32. The fourth-order valence-electron chi connectivity index (χ4n) is 2.81. The number of benzene rings is 1. The minimum Gasteiger partial charge on any atom is -0.508 e. The van der Waals surface area contributed by atoms with E-state index >= 15 is 0 Å². The van der Waals surface area contributed by atoms with Crippen LogP contribution in [0.1, 0.15) is 28.9 Å². The van der Waals surface area contributed by atoms with E-state index in [1.807, 2.05) is 12.1 Å². The van der Waals surface area contributed by atoms with Crippen molar-refractivity contribution >= 4 is 5.91 Å². The summed E-state index contributed by atoms with van der Waals surface area (Å²) in [5.41, 5.74) is 6.95. The van der Waals surface area contributed by atoms with Crippen molar-refractivity contribution in [3.8, 4) is 11.5 Å². The number of pyridine rings is 1. The molecule has 0 unspecified atom stereocenters. The van der Waals surface area contributed by atoms with Gasteiger partial charge in [-0.05, 0) is 29.8 Å². The highest BCUT2D eigenvalue weighted by molar-refractivity contribution is 5.92. The van der Waals surface area contributed by atoms with Crippen molar-refractivity contribution < 1.29 is 14.6 Å². The molecule has 1 aliphatic rings. The van der Waals surface area contributed by atoms with Gasteiger partial charge in [-0.1, -0.05) is 6.07 Å². The molecule has 1 aliphatic heterocycles. The van der Waals surface area contributed by atoms with Crippen LogP contribution in [0.5, 0.6) is 11.5 Å². The van der Waals surface area contributed by atoms with Gasteiger partial charge in [-0.15, -0.1) is 0 Å². The van der Waals surface area contributed by atoms with Gasteiger partial charge in [-0.2, -0.15) is 0 Å². The standard InChI is InChI=1S/C18H21N3O3/c19-12-13-4-7-20-17(10-13)18(23)21-8-5-15(6-9-21)24-16-3-1-2-14(22)11-16/h1-4,7,10-11,15,22H,5-6,8-9,12,19H2. The van der Waals surface area contributed by atoms with Crippen molar-refractivity contribution in [3.63, 3.8) is 0 Å². The molecule has 6 heteroatoms. The molecule has 0 aliphatic carbocycles. The Kier molecular flexibility index (Phi) is 4.96. The summed E-state index contributed by atoms with van der Waals surface area (Å²) in [6.45, 7) is 1.64. The Morgan fingerprint density at radius 1 is 1.29 bits per heavy atom. The van der Waals surface area contributed by atoms with Gasteiger partial charge in [0, 0.05) is 44.7 Å². The third-order valence-corrected chi connectivity index (χ3v) is 4.13. The summed E-state index contributed by atoms with van der Waals surface area (Å²) in [5.74, 6) is 0.768. The van der Waals surface area contributed by atoms with Crippen LogP contribution in [-0.4, -0.2) is 40.1 Å². The molecule has 6 nitrogen and oxygen atoms in total. The number of carbonyl (C=O) groups is 1. The van der Waals surface area contributed by atoms with Crippen molar-refractivity contribution in [1.82, 2.24) is 9.88 Å². The van der Waals surface area contributed by atoms with Gasteiger partial charge in [-0.3, -0.25) is 9.78 Å². The first-order valence-corrected chi connectivity index (χ1v) is 8.05. The van der Waals surface area contributed by atoms with Crippen molar-refractivity contribution in [3.05, 3.63) is 53.9 Å². The fraction of sp³-hybridized carbons (Fsp3) is 0.333. The molecule has 3 N–H and O–H groups in total. The topological polar surface area (TPSA) is 88.7 Å². The van der Waals surface area contributed by atoms with Crippen LogP contribution >= 0.6 is 0 Å². The number of rotatable bonds is 4. The lowest BCUT2D eigenvalue weighted by atomic mass is 10.1. The first-order chi connectivity index (χ1) is 11.7. The second-order valence-electron chi connectivity index (χ2n) is 5.86. The number of ether oxygens (including phenoxy) is 1. The van der Waals surface area contributed by atoms with Crippen LogP contribution in [0.25, 0.3) is 0 Å². The van der Waals surface area contributed by atoms with Gasteiger partial charge >= 0.3 is 0 Å². The highest BCUT2D eigenvalue weighted by Crippen LogP contribution is 2.23. The van der Waals surface area contributed by atoms with Crippen LogP contribution in [-0.2, 0) is 6.54 Å². The molecule has 0 saturated carbocycles. The number of nitrogens with zero attached hydrogens (tertiary/aromatic N) is 2. The van der Waals surface area contributed by atoms with E-state index in [0.717, 1.165) is 18.4 Å². The van der Waals surface area contributed by atoms with E-state index in [4.69, 9.17) is 10.5 Å². The summed E-state index contributed by atoms with van der Waals surface area (Å²) in [6, 6.07) is 10.3. The summed E-state index contributed by atoms with van der Waals surface area (Å²) < 4.78 is 5.88. The molecule has 1 aromatic heterocycles. The van der Waals surface area contributed by atoms with Gasteiger partial charge in [0.05, 0.1) is 0 Å². The maximum atomic E-state index is 12.5. The molecule has 1 fully saturated rings. The molecule has 0 atom stereocenters. The molecular weight excluding hydrogens is 306 g/mol. The Balaban J connectivity index is 1.57. The molecule has 126 valence electrons. The summed E-state index contributed by atoms with van der Waals surface area (Å²) in [7, 11) is 0. The van der Waals surface area contributed by atoms with E-state index < -0.39 is 0 Å². The van der Waals surface area contributed by atoms with Gasteiger partial charge < -0.3 is 20.5 Å². The SMILES string of the molecule is NCc1ccnc(C(=O)N2CCC(Oc3cccc(O)c3)CC2)c1. The highest BCUT2D eigenvalue weighted by atomic mass is 16.5. The zero-order valence-electron chi connectivity index (χ0n) is 13.4. The minimum absolute atomic E-state index is 0.0409. The van der Waals surface area contributed by atoms with E-state index in [0.29, 0.717) is 31.1 Å². The Bertz CT molecular complexity index is 712. The van der Waals surface area contributed by atoms with Crippen molar-refractivity contribution in [2.45, 2.75) is 25.5 Å². The minimum atomic E-state index is -0.0684. The van der Waals surface area contributed by atoms with Crippen LogP contribution in [0.15, 0.2) is 42.6 Å². The zero-order chi connectivity index (χ0) is 16.9. The smallest absolute Gasteiger partial charge is 0.272 e. The van der Waals surface area contributed by atoms with Crippen molar-refractivity contribution in [2.24, 2.45) is 5.73 Å². The molecule has 1 aromatic carbocycles. The number of aromatic nitrogens is 1. The quantitative estimate of drug-likeness (QED) is 0.896. The van der Waals surface area contributed by atoms with Crippen LogP contribution in [0.3, 0.4) is 0 Å². The molecule has 0 bridgehead atoms. The largest absolute Gasteiger partial charge is 0.508 e. The number of amides is 1. The van der Waals surface area contributed by atoms with Crippen LogP contribution < -0.4 is 10.5 Å². The molecule has 1 amide bonds. The van der Waals surface area contributed by atoms with E-state index in [-0.39, 0.29) is 17.8 Å². The number of carbonyl (C=O) groups excluding carboxylic acids is 1. The van der Waals surface area contributed by atoms with Gasteiger partial charge in [0.15, 0.2) is 0 Å². The molecular formula is C18H21N3O3. The maximum absolute atomic E-state index is 12.5. The highest BCUT2D eigenvalue weighted by Gasteiger charge is 2.25. The number of hydrogen-bond acceptors (Lipinski definition) is 5. The van der Waals surface area contributed by atoms with E-state index in [1.54, 1.807) is 35.4 Å². The molecule has 24 heavy (non-hydrogen) atoms. The summed E-state index contributed by atoms with van der Waals surface area (Å²) in [6.07, 6.45) is 3.16. The Morgan fingerprint density at radius 2 is 2.08 bits per heavy atom. The Labute approximate surface area is 140 Å². The van der Waals surface area contributed by atoms with Gasteiger partial charge in [0.1, 0.15) is 23.3 Å². The number of phenolic OH excluding ortho intramolecular Hbond substituents is 1. The van der Waals surface area contributed by atoms with E-state index in [9.17, 15) is 9.90 Å². The summed E-state index contributed by atoms with van der Waals surface area (Å²) in [4.78, 5) is 18.5. The molecule has 2 heterocycles. The van der Waals surface area contributed by atoms with Crippen LogP contribution in [0.4, 0.5) is 0 Å². The lowest BCUT2D eigenvalue weighted by Crippen LogP contribution is -2.42. The predicted molar refractivity (Wildman–Crippen MR) is 89.8 cm³/mol. The predicted octanol–water partition coefficient (Wildman–Crippen LogP) is 1.93. The van der Waals surface area contributed by atoms with E-state index in [1.165, 1.54) is 0 Å². The average Bonchev–Trinajstić information content (AvgIpc) is 2.62. The zero-order valence-corrected chi connectivity index (χ0v) is 13.4. The fourth-order valence-corrected chi connectivity index (χ4v) is 2.81. The molecule has 0 spiro atoms. The van der Waals surface area contributed by atoms with Crippen LogP contribution in [0, 0.1) is 0 Å². The first kappa shape index (κ1) is 16.3. The third kappa shape index (κ3) is 3.83. The lowest BCUT2D eigenvalue weighted by molar-refractivity contribution is 0.0590. The number of likely N-dealkylation sites (tertiary alicyclic amines) is 1. The molecule has 0 radical (unpaired) electrons. The second kappa shape index (κ2) is 7.31. The van der Waals surface area contributed by atoms with Gasteiger partial charge in [0.25, 0.3) is 5.91 Å². The number of phenols is 1. The number of aromatic hydroxyl groups is 1. The number of piperidine rings is 1. The second-order valence-corrected chi connectivity index (χ2v) is 5.86. The summed E-state index contributed by atoms with van der Waals surface area (Å²) >= 11 is 0. The molecule has 2 aromatic rings.